The molecule has 0 radical (unpaired) electrons. The molecule has 2 aliphatic heterocycles. The van der Waals surface area contributed by atoms with Gasteiger partial charge >= 0.3 is 0 Å². The number of carbonyl (C=O) groups is 1. The number of nitrogens with zero attached hydrogens (tertiary/aromatic N) is 2. The number of aryl methyl sites for hydroxylation is 1. The van der Waals surface area contributed by atoms with Crippen LogP contribution in [0, 0.1) is 12.8 Å². The normalized spacial score (nSPS) is 28.0. The van der Waals surface area contributed by atoms with Gasteiger partial charge in [0.2, 0.25) is 0 Å². The van der Waals surface area contributed by atoms with Gasteiger partial charge in [-0.3, -0.25) is 9.89 Å². The summed E-state index contributed by atoms with van der Waals surface area (Å²) in [4.78, 5) is 14.9. The first-order valence-electron chi connectivity index (χ1n) is 7.67. The quantitative estimate of drug-likeness (QED) is 0.882. The van der Waals surface area contributed by atoms with Crippen molar-refractivity contribution in [3.05, 3.63) is 29.5 Å². The highest BCUT2D eigenvalue weighted by Crippen LogP contribution is 2.27. The standard InChI is InChI=1S/C16H20N4O/c1-10-14-3-2-12(7-15(14)19-18-10)16(21)17-13-6-11-4-5-20(8-11)9-13/h2-3,7,11,13H,4-6,8-9H2,1H3,(H,17,21)(H,18,19). The maximum atomic E-state index is 12.4. The highest BCUT2D eigenvalue weighted by atomic mass is 16.1. The van der Waals surface area contributed by atoms with Crippen molar-refractivity contribution >= 4 is 16.8 Å². The van der Waals surface area contributed by atoms with Gasteiger partial charge in [-0.05, 0) is 44.4 Å². The smallest absolute Gasteiger partial charge is 0.251 e. The number of amides is 1. The van der Waals surface area contributed by atoms with E-state index in [1.165, 1.54) is 19.5 Å². The number of hydrogen-bond acceptors (Lipinski definition) is 3. The maximum Gasteiger partial charge on any atom is 0.251 e. The van der Waals surface area contributed by atoms with Crippen molar-refractivity contribution in [3.63, 3.8) is 0 Å². The number of fused-ring (bicyclic) bond motifs is 3. The molecule has 4 rings (SSSR count). The average molecular weight is 284 g/mol. The van der Waals surface area contributed by atoms with E-state index in [2.05, 4.69) is 20.4 Å². The van der Waals surface area contributed by atoms with Crippen molar-refractivity contribution in [2.75, 3.05) is 19.6 Å². The van der Waals surface area contributed by atoms with Crippen LogP contribution in [0.5, 0.6) is 0 Å². The topological polar surface area (TPSA) is 61.0 Å². The van der Waals surface area contributed by atoms with Crippen molar-refractivity contribution in [3.8, 4) is 0 Å². The molecule has 1 aromatic heterocycles. The third kappa shape index (κ3) is 2.31. The molecule has 21 heavy (non-hydrogen) atoms. The van der Waals surface area contributed by atoms with Crippen LogP contribution in [0.3, 0.4) is 0 Å². The van der Waals surface area contributed by atoms with E-state index in [1.807, 2.05) is 25.1 Å². The summed E-state index contributed by atoms with van der Waals surface area (Å²) in [5.41, 5.74) is 2.59. The molecule has 2 aliphatic rings. The van der Waals surface area contributed by atoms with E-state index in [9.17, 15) is 4.79 Å². The van der Waals surface area contributed by atoms with Crippen LogP contribution >= 0.6 is 0 Å². The van der Waals surface area contributed by atoms with Crippen LogP contribution in [-0.4, -0.2) is 46.7 Å². The van der Waals surface area contributed by atoms with Gasteiger partial charge in [-0.2, -0.15) is 5.10 Å². The Balaban J connectivity index is 1.50. The number of benzene rings is 1. The molecule has 2 bridgehead atoms. The van der Waals surface area contributed by atoms with Gasteiger partial charge in [0, 0.05) is 35.8 Å². The van der Waals surface area contributed by atoms with Crippen molar-refractivity contribution in [1.82, 2.24) is 20.4 Å². The predicted molar refractivity (Wildman–Crippen MR) is 81.2 cm³/mol. The molecule has 5 nitrogen and oxygen atoms in total. The molecule has 0 aliphatic carbocycles. The summed E-state index contributed by atoms with van der Waals surface area (Å²) in [6.07, 6.45) is 2.40. The third-order valence-electron chi connectivity index (χ3n) is 4.81. The summed E-state index contributed by atoms with van der Waals surface area (Å²) in [6, 6.07) is 6.01. The Morgan fingerprint density at radius 2 is 2.33 bits per heavy atom. The molecule has 0 spiro atoms. The van der Waals surface area contributed by atoms with Gasteiger partial charge < -0.3 is 10.2 Å². The van der Waals surface area contributed by atoms with Crippen molar-refractivity contribution in [2.45, 2.75) is 25.8 Å². The Labute approximate surface area is 123 Å². The number of aromatic amines is 1. The molecule has 2 N–H and O–H groups in total. The number of aromatic nitrogens is 2. The van der Waals surface area contributed by atoms with Crippen LogP contribution in [0.1, 0.15) is 28.9 Å². The molecule has 5 heteroatoms. The average Bonchev–Trinajstić information content (AvgIpc) is 3.02. The zero-order valence-corrected chi connectivity index (χ0v) is 12.2. The number of rotatable bonds is 2. The van der Waals surface area contributed by atoms with Gasteiger partial charge in [-0.15, -0.1) is 0 Å². The Bertz CT molecular complexity index is 681. The highest BCUT2D eigenvalue weighted by Gasteiger charge is 2.32. The van der Waals surface area contributed by atoms with Crippen LogP contribution in [0.25, 0.3) is 10.9 Å². The second kappa shape index (κ2) is 4.84. The van der Waals surface area contributed by atoms with Crippen molar-refractivity contribution in [2.24, 2.45) is 5.92 Å². The monoisotopic (exact) mass is 284 g/mol. The predicted octanol–water partition coefficient (Wildman–Crippen LogP) is 1.70. The first-order valence-corrected chi connectivity index (χ1v) is 7.67. The van der Waals surface area contributed by atoms with E-state index < -0.39 is 0 Å². The molecular weight excluding hydrogens is 264 g/mol. The number of nitrogens with one attached hydrogen (secondary N) is 2. The van der Waals surface area contributed by atoms with E-state index >= 15 is 0 Å². The summed E-state index contributed by atoms with van der Waals surface area (Å²) < 4.78 is 0. The molecule has 110 valence electrons. The Morgan fingerprint density at radius 1 is 1.43 bits per heavy atom. The molecule has 2 aromatic rings. The molecule has 3 heterocycles. The van der Waals surface area contributed by atoms with E-state index in [0.717, 1.165) is 35.5 Å². The lowest BCUT2D eigenvalue weighted by Crippen LogP contribution is -2.47. The first-order chi connectivity index (χ1) is 10.2. The SMILES string of the molecule is Cc1[nH]nc2cc(C(=O)NC3CC4CCN(C4)C3)ccc12. The molecule has 0 saturated carbocycles. The molecule has 1 aromatic carbocycles. The fourth-order valence-electron chi connectivity index (χ4n) is 3.72. The van der Waals surface area contributed by atoms with Gasteiger partial charge in [-0.1, -0.05) is 6.07 Å². The summed E-state index contributed by atoms with van der Waals surface area (Å²) in [6.45, 7) is 5.38. The zero-order chi connectivity index (χ0) is 14.4. The molecule has 3 unspecified atom stereocenters. The van der Waals surface area contributed by atoms with E-state index in [1.54, 1.807) is 0 Å². The molecule has 3 atom stereocenters. The summed E-state index contributed by atoms with van der Waals surface area (Å²) in [5, 5.41) is 11.5. The van der Waals surface area contributed by atoms with Gasteiger partial charge in [0.1, 0.15) is 0 Å². The second-order valence-electron chi connectivity index (χ2n) is 6.40. The Kier molecular flexibility index (Phi) is 2.96. The summed E-state index contributed by atoms with van der Waals surface area (Å²) in [5.74, 6) is 0.783. The highest BCUT2D eigenvalue weighted by molar-refractivity contribution is 5.98. The number of carbonyl (C=O) groups excluding carboxylic acids is 1. The van der Waals surface area contributed by atoms with E-state index in [-0.39, 0.29) is 11.9 Å². The van der Waals surface area contributed by atoms with Gasteiger partial charge in [0.05, 0.1) is 5.52 Å². The lowest BCUT2D eigenvalue weighted by molar-refractivity contribution is 0.0909. The van der Waals surface area contributed by atoms with Gasteiger partial charge in [0.15, 0.2) is 0 Å². The van der Waals surface area contributed by atoms with Gasteiger partial charge in [0.25, 0.3) is 5.91 Å². The fourth-order valence-corrected chi connectivity index (χ4v) is 3.72. The molecule has 1 amide bonds. The lowest BCUT2D eigenvalue weighted by atomic mass is 9.96. The summed E-state index contributed by atoms with van der Waals surface area (Å²) in [7, 11) is 0. The largest absolute Gasteiger partial charge is 0.348 e. The number of hydrogen-bond donors (Lipinski definition) is 2. The van der Waals surface area contributed by atoms with Crippen LogP contribution in [0.2, 0.25) is 0 Å². The first kappa shape index (κ1) is 12.8. The lowest BCUT2D eigenvalue weighted by Gasteiger charge is -2.30. The number of piperidine rings is 1. The third-order valence-corrected chi connectivity index (χ3v) is 4.81. The van der Waals surface area contributed by atoms with Crippen LogP contribution in [-0.2, 0) is 0 Å². The Morgan fingerprint density at radius 3 is 3.19 bits per heavy atom. The van der Waals surface area contributed by atoms with Crippen molar-refractivity contribution in [1.29, 1.82) is 0 Å². The van der Waals surface area contributed by atoms with Crippen LogP contribution in [0.15, 0.2) is 18.2 Å². The van der Waals surface area contributed by atoms with Crippen LogP contribution < -0.4 is 5.32 Å². The molecular formula is C16H20N4O. The van der Waals surface area contributed by atoms with Crippen molar-refractivity contribution < 1.29 is 4.79 Å². The molecule has 2 fully saturated rings. The second-order valence-corrected chi connectivity index (χ2v) is 6.40. The minimum absolute atomic E-state index is 0.0186. The Hall–Kier alpha value is -1.88. The number of H-pyrrole nitrogens is 1. The summed E-state index contributed by atoms with van der Waals surface area (Å²) >= 11 is 0. The zero-order valence-electron chi connectivity index (χ0n) is 12.2. The minimum atomic E-state index is 0.0186. The fraction of sp³-hybridized carbons (Fsp3) is 0.500. The molecule has 2 saturated heterocycles. The maximum absolute atomic E-state index is 12.4. The van der Waals surface area contributed by atoms with E-state index in [0.29, 0.717) is 5.56 Å². The minimum Gasteiger partial charge on any atom is -0.348 e. The van der Waals surface area contributed by atoms with Gasteiger partial charge in [-0.25, -0.2) is 0 Å². The van der Waals surface area contributed by atoms with E-state index in [4.69, 9.17) is 0 Å². The van der Waals surface area contributed by atoms with Crippen LogP contribution in [0.4, 0.5) is 0 Å².